The molecule has 3 aromatic rings. The second kappa shape index (κ2) is 7.31. The number of aromatic nitrogens is 2. The predicted octanol–water partition coefficient (Wildman–Crippen LogP) is 3.66. The maximum Gasteiger partial charge on any atom is 0.341 e. The van der Waals surface area contributed by atoms with E-state index >= 15 is 0 Å². The molecule has 0 atom stereocenters. The van der Waals surface area contributed by atoms with Crippen LogP contribution in [0.2, 0.25) is 0 Å². The van der Waals surface area contributed by atoms with Gasteiger partial charge in [-0.15, -0.1) is 0 Å². The van der Waals surface area contributed by atoms with Crippen molar-refractivity contribution in [1.29, 1.82) is 0 Å². The van der Waals surface area contributed by atoms with Crippen LogP contribution < -0.4 is 5.32 Å². The maximum atomic E-state index is 13.8. The number of anilines is 2. The van der Waals surface area contributed by atoms with Crippen molar-refractivity contribution in [2.24, 2.45) is 0 Å². The third kappa shape index (κ3) is 3.67. The number of nitrogens with zero attached hydrogens (tertiary/aromatic N) is 3. The number of alkyl halides is 2. The second-order valence-electron chi connectivity index (χ2n) is 5.49. The molecular formula is C16H11F3N4O4S. The Balaban J connectivity index is 1.95. The summed E-state index contributed by atoms with van der Waals surface area (Å²) in [6.45, 7) is 0. The van der Waals surface area contributed by atoms with E-state index in [1.807, 2.05) is 0 Å². The number of benzene rings is 2. The topological polar surface area (TPSA) is 107 Å². The highest BCUT2D eigenvalue weighted by Gasteiger charge is 2.29. The van der Waals surface area contributed by atoms with Crippen molar-refractivity contribution < 1.29 is 26.5 Å². The molecule has 146 valence electrons. The van der Waals surface area contributed by atoms with Gasteiger partial charge < -0.3 is 5.32 Å². The molecule has 0 aliphatic heterocycles. The highest BCUT2D eigenvalue weighted by molar-refractivity contribution is 7.91. The third-order valence-electron chi connectivity index (χ3n) is 3.69. The number of sulfone groups is 1. The summed E-state index contributed by atoms with van der Waals surface area (Å²) in [7, 11) is -4.98. The molecule has 1 aromatic heterocycles. The smallest absolute Gasteiger partial charge is 0.341 e. The van der Waals surface area contributed by atoms with Gasteiger partial charge in [-0.05, 0) is 24.3 Å². The first-order chi connectivity index (χ1) is 13.2. The summed E-state index contributed by atoms with van der Waals surface area (Å²) in [5.74, 6) is -4.24. The van der Waals surface area contributed by atoms with Crippen LogP contribution in [0, 0.1) is 15.9 Å². The van der Waals surface area contributed by atoms with Crippen LogP contribution in [0.4, 0.5) is 30.2 Å². The summed E-state index contributed by atoms with van der Waals surface area (Å²) in [4.78, 5) is 9.46. The number of nitro groups is 1. The molecule has 0 bridgehead atoms. The van der Waals surface area contributed by atoms with Gasteiger partial charge in [0, 0.05) is 6.07 Å². The number of hydrogen-bond acceptors (Lipinski definition) is 6. The van der Waals surface area contributed by atoms with Crippen LogP contribution in [0.25, 0.3) is 5.69 Å². The minimum Gasteiger partial charge on any atom is -0.347 e. The zero-order chi connectivity index (χ0) is 20.5. The summed E-state index contributed by atoms with van der Waals surface area (Å²) in [6, 6.07) is 8.17. The molecule has 3 rings (SSSR count). The lowest BCUT2D eigenvalue weighted by molar-refractivity contribution is -0.384. The Morgan fingerprint density at radius 3 is 2.54 bits per heavy atom. The predicted molar refractivity (Wildman–Crippen MR) is 93.1 cm³/mol. The molecule has 0 saturated carbocycles. The minimum absolute atomic E-state index is 0.142. The third-order valence-corrected chi connectivity index (χ3v) is 5.07. The van der Waals surface area contributed by atoms with Gasteiger partial charge in [0.25, 0.3) is 5.69 Å². The number of para-hydroxylation sites is 1. The van der Waals surface area contributed by atoms with Crippen molar-refractivity contribution in [1.82, 2.24) is 9.78 Å². The van der Waals surface area contributed by atoms with Gasteiger partial charge in [-0.1, -0.05) is 12.1 Å². The molecular weight excluding hydrogens is 401 g/mol. The normalized spacial score (nSPS) is 11.6. The van der Waals surface area contributed by atoms with Crippen LogP contribution in [-0.4, -0.2) is 28.9 Å². The van der Waals surface area contributed by atoms with E-state index < -0.39 is 36.9 Å². The molecule has 0 aliphatic carbocycles. The second-order valence-corrected chi connectivity index (χ2v) is 7.41. The first-order valence-corrected chi connectivity index (χ1v) is 9.12. The Labute approximate surface area is 156 Å². The van der Waals surface area contributed by atoms with Crippen molar-refractivity contribution in [2.75, 3.05) is 5.32 Å². The van der Waals surface area contributed by atoms with E-state index in [0.717, 1.165) is 12.1 Å². The summed E-state index contributed by atoms with van der Waals surface area (Å²) >= 11 is 0. The van der Waals surface area contributed by atoms with Crippen molar-refractivity contribution in [3.8, 4) is 5.69 Å². The zero-order valence-electron chi connectivity index (χ0n) is 13.8. The monoisotopic (exact) mass is 412 g/mol. The van der Waals surface area contributed by atoms with Crippen LogP contribution in [-0.2, 0) is 9.84 Å². The summed E-state index contributed by atoms with van der Waals surface area (Å²) in [5.41, 5.74) is -0.495. The molecule has 1 N–H and O–H groups in total. The summed E-state index contributed by atoms with van der Waals surface area (Å²) in [6.07, 6.45) is 2.62. The Bertz CT molecular complexity index is 1150. The molecule has 0 radical (unpaired) electrons. The van der Waals surface area contributed by atoms with Crippen LogP contribution >= 0.6 is 0 Å². The number of rotatable bonds is 6. The summed E-state index contributed by atoms with van der Waals surface area (Å²) < 4.78 is 63.4. The number of halogens is 3. The highest BCUT2D eigenvalue weighted by Crippen LogP contribution is 2.32. The lowest BCUT2D eigenvalue weighted by Gasteiger charge is -2.08. The molecule has 0 amide bonds. The van der Waals surface area contributed by atoms with Gasteiger partial charge in [-0.2, -0.15) is 13.9 Å². The average molecular weight is 412 g/mol. The Kier molecular flexibility index (Phi) is 5.05. The van der Waals surface area contributed by atoms with E-state index in [0.29, 0.717) is 6.07 Å². The minimum atomic E-state index is -4.98. The van der Waals surface area contributed by atoms with E-state index in [1.54, 1.807) is 6.07 Å². The fourth-order valence-electron chi connectivity index (χ4n) is 2.36. The SMILES string of the molecule is O=[N+]([O-])c1cc(S(=O)(=O)C(F)F)ccc1Nc1cnn(-c2ccccc2F)c1. The molecule has 0 saturated heterocycles. The molecule has 28 heavy (non-hydrogen) atoms. The average Bonchev–Trinajstić information content (AvgIpc) is 3.10. The molecule has 8 nitrogen and oxygen atoms in total. The molecule has 0 unspecified atom stereocenters. The van der Waals surface area contributed by atoms with Gasteiger partial charge in [0.15, 0.2) is 0 Å². The molecule has 12 heteroatoms. The van der Waals surface area contributed by atoms with Crippen LogP contribution in [0.15, 0.2) is 59.8 Å². The standard InChI is InChI=1S/C16H11F3N4O4S/c17-12-3-1-2-4-14(12)22-9-10(8-20-22)21-13-6-5-11(7-15(13)23(24)25)28(26,27)16(18)19/h1-9,16,21H. The largest absolute Gasteiger partial charge is 0.347 e. The number of nitrogens with one attached hydrogen (secondary N) is 1. The zero-order valence-corrected chi connectivity index (χ0v) is 14.6. The Morgan fingerprint density at radius 1 is 1.18 bits per heavy atom. The van der Waals surface area contributed by atoms with Crippen molar-refractivity contribution in [3.05, 3.63) is 70.8 Å². The maximum absolute atomic E-state index is 13.8. The van der Waals surface area contributed by atoms with E-state index in [9.17, 15) is 31.7 Å². The van der Waals surface area contributed by atoms with Crippen molar-refractivity contribution in [2.45, 2.75) is 10.7 Å². The molecule has 0 fully saturated rings. The highest BCUT2D eigenvalue weighted by atomic mass is 32.2. The van der Waals surface area contributed by atoms with Gasteiger partial charge in [-0.25, -0.2) is 17.5 Å². The van der Waals surface area contributed by atoms with Gasteiger partial charge >= 0.3 is 5.76 Å². The molecule has 2 aromatic carbocycles. The summed E-state index contributed by atoms with van der Waals surface area (Å²) in [5, 5.41) is 17.8. The molecule has 0 spiro atoms. The fraction of sp³-hybridized carbons (Fsp3) is 0.0625. The van der Waals surface area contributed by atoms with Crippen LogP contribution in [0.1, 0.15) is 0 Å². The molecule has 1 heterocycles. The Morgan fingerprint density at radius 2 is 1.89 bits per heavy atom. The Hall–Kier alpha value is -3.41. The van der Waals surface area contributed by atoms with Gasteiger partial charge in [0.1, 0.15) is 17.2 Å². The van der Waals surface area contributed by atoms with Crippen LogP contribution in [0.5, 0.6) is 0 Å². The van der Waals surface area contributed by atoms with Gasteiger partial charge in [-0.3, -0.25) is 10.1 Å². The number of nitro benzene ring substituents is 1. The van der Waals surface area contributed by atoms with E-state index in [-0.39, 0.29) is 17.1 Å². The first-order valence-electron chi connectivity index (χ1n) is 7.57. The number of hydrogen-bond donors (Lipinski definition) is 1. The van der Waals surface area contributed by atoms with E-state index in [4.69, 9.17) is 0 Å². The van der Waals surface area contributed by atoms with E-state index in [2.05, 4.69) is 10.4 Å². The van der Waals surface area contributed by atoms with Crippen molar-refractivity contribution >= 4 is 26.9 Å². The lowest BCUT2D eigenvalue weighted by Crippen LogP contribution is -2.12. The molecule has 0 aliphatic rings. The quantitative estimate of drug-likeness (QED) is 0.489. The lowest BCUT2D eigenvalue weighted by atomic mass is 10.2. The van der Waals surface area contributed by atoms with E-state index in [1.165, 1.54) is 35.3 Å². The van der Waals surface area contributed by atoms with Crippen LogP contribution in [0.3, 0.4) is 0 Å². The van der Waals surface area contributed by atoms with Gasteiger partial charge in [0.05, 0.1) is 27.9 Å². The van der Waals surface area contributed by atoms with Crippen molar-refractivity contribution in [3.63, 3.8) is 0 Å². The first kappa shape index (κ1) is 19.4. The van der Waals surface area contributed by atoms with Gasteiger partial charge in [0.2, 0.25) is 9.84 Å². The fourth-order valence-corrected chi connectivity index (χ4v) is 3.10.